The number of hydrogen-bond acceptors (Lipinski definition) is 4. The molecule has 0 bridgehead atoms. The van der Waals surface area contributed by atoms with E-state index in [1.807, 2.05) is 6.07 Å². The first-order chi connectivity index (χ1) is 13.0. The quantitative estimate of drug-likeness (QED) is 0.656. The van der Waals surface area contributed by atoms with E-state index in [-0.39, 0.29) is 45.0 Å². The Labute approximate surface area is 163 Å². The first-order valence-electron chi connectivity index (χ1n) is 7.61. The molecule has 0 saturated carbocycles. The first-order valence-corrected chi connectivity index (χ1v) is 8.36. The van der Waals surface area contributed by atoms with E-state index in [0.717, 1.165) is 0 Å². The Hall–Kier alpha value is -3.08. The molecular formula is C18H11Cl2FN4O2. The van der Waals surface area contributed by atoms with E-state index in [2.05, 4.69) is 15.3 Å². The Bertz CT molecular complexity index is 1030. The van der Waals surface area contributed by atoms with Crippen LogP contribution in [-0.4, -0.2) is 15.9 Å². The molecular weight excluding hydrogens is 394 g/mol. The zero-order chi connectivity index (χ0) is 19.4. The van der Waals surface area contributed by atoms with Crippen LogP contribution in [0.15, 0.2) is 42.7 Å². The monoisotopic (exact) mass is 404 g/mol. The number of nitrogens with one attached hydrogen (secondary N) is 2. The fourth-order valence-corrected chi connectivity index (χ4v) is 2.67. The Balaban J connectivity index is 1.82. The lowest BCUT2D eigenvalue weighted by Crippen LogP contribution is -2.24. The Morgan fingerprint density at radius 3 is 2.85 bits per heavy atom. The second-order valence-corrected chi connectivity index (χ2v) is 6.20. The number of benzene rings is 2. The number of carbonyl (C=O) groups is 1. The molecule has 0 radical (unpaired) electrons. The summed E-state index contributed by atoms with van der Waals surface area (Å²) in [6.07, 6.45) is 2.94. The van der Waals surface area contributed by atoms with Gasteiger partial charge in [0.15, 0.2) is 17.4 Å². The molecule has 0 aliphatic carbocycles. The van der Waals surface area contributed by atoms with Gasteiger partial charge in [-0.1, -0.05) is 29.3 Å². The summed E-state index contributed by atoms with van der Waals surface area (Å²) in [5, 5.41) is 11.8. The Morgan fingerprint density at radius 1 is 1.33 bits per heavy atom. The molecule has 0 saturated heterocycles. The van der Waals surface area contributed by atoms with Crippen molar-refractivity contribution in [3.05, 3.63) is 75.5 Å². The molecule has 27 heavy (non-hydrogen) atoms. The number of rotatable bonds is 5. The van der Waals surface area contributed by atoms with Crippen molar-refractivity contribution in [3.8, 4) is 17.6 Å². The molecule has 9 heteroatoms. The predicted octanol–water partition coefficient (Wildman–Crippen LogP) is 4.45. The van der Waals surface area contributed by atoms with Gasteiger partial charge in [0.25, 0.3) is 5.91 Å². The van der Waals surface area contributed by atoms with Gasteiger partial charge in [-0.2, -0.15) is 5.26 Å². The van der Waals surface area contributed by atoms with Crippen molar-refractivity contribution in [2.24, 2.45) is 0 Å². The third-order valence-electron chi connectivity index (χ3n) is 3.50. The smallest absolute Gasteiger partial charge is 0.287 e. The van der Waals surface area contributed by atoms with Crippen molar-refractivity contribution in [3.63, 3.8) is 0 Å². The lowest BCUT2D eigenvalue weighted by molar-refractivity contribution is 0.0941. The summed E-state index contributed by atoms with van der Waals surface area (Å²) in [5.41, 5.74) is 0.424. The number of halogens is 3. The molecule has 136 valence electrons. The molecule has 3 rings (SSSR count). The first kappa shape index (κ1) is 18.7. The minimum Gasteiger partial charge on any atom is -0.453 e. The van der Waals surface area contributed by atoms with Crippen LogP contribution in [0.3, 0.4) is 0 Å². The van der Waals surface area contributed by atoms with Gasteiger partial charge in [0.1, 0.15) is 5.75 Å². The molecule has 6 nitrogen and oxygen atoms in total. The molecule has 0 spiro atoms. The average Bonchev–Trinajstić information content (AvgIpc) is 3.18. The molecule has 2 N–H and O–H groups in total. The van der Waals surface area contributed by atoms with E-state index in [1.165, 1.54) is 42.7 Å². The predicted molar refractivity (Wildman–Crippen MR) is 97.4 cm³/mol. The molecule has 0 unspecified atom stereocenters. The maximum Gasteiger partial charge on any atom is 0.287 e. The number of imidazole rings is 1. The molecule has 0 aliphatic heterocycles. The van der Waals surface area contributed by atoms with Crippen LogP contribution in [0, 0.1) is 17.1 Å². The highest BCUT2D eigenvalue weighted by Crippen LogP contribution is 2.35. The number of nitrogens with zero attached hydrogens (tertiary/aromatic N) is 2. The van der Waals surface area contributed by atoms with Crippen molar-refractivity contribution in [2.45, 2.75) is 6.54 Å². The summed E-state index contributed by atoms with van der Waals surface area (Å²) in [4.78, 5) is 18.4. The van der Waals surface area contributed by atoms with Crippen LogP contribution >= 0.6 is 23.2 Å². The van der Waals surface area contributed by atoms with E-state index >= 15 is 0 Å². The van der Waals surface area contributed by atoms with Crippen molar-refractivity contribution in [1.29, 1.82) is 5.26 Å². The van der Waals surface area contributed by atoms with Gasteiger partial charge >= 0.3 is 0 Å². The number of amides is 1. The van der Waals surface area contributed by atoms with Crippen LogP contribution in [0.4, 0.5) is 4.39 Å². The van der Waals surface area contributed by atoms with Gasteiger partial charge in [-0.15, -0.1) is 0 Å². The Kier molecular flexibility index (Phi) is 5.60. The Morgan fingerprint density at radius 2 is 2.15 bits per heavy atom. The van der Waals surface area contributed by atoms with Gasteiger partial charge in [0.2, 0.25) is 0 Å². The average molecular weight is 405 g/mol. The number of aromatic nitrogens is 2. The van der Waals surface area contributed by atoms with Gasteiger partial charge in [0.05, 0.1) is 16.7 Å². The summed E-state index contributed by atoms with van der Waals surface area (Å²) in [7, 11) is 0. The maximum atomic E-state index is 14.8. The maximum absolute atomic E-state index is 14.8. The number of ether oxygens (including phenoxy) is 1. The van der Waals surface area contributed by atoms with Crippen molar-refractivity contribution < 1.29 is 13.9 Å². The number of carbonyl (C=O) groups excluding carboxylic acids is 1. The largest absolute Gasteiger partial charge is 0.453 e. The van der Waals surface area contributed by atoms with Crippen LogP contribution in [0.1, 0.15) is 21.7 Å². The number of nitriles is 1. The third-order valence-corrected chi connectivity index (χ3v) is 4.02. The molecule has 0 atom stereocenters. The normalized spacial score (nSPS) is 10.3. The summed E-state index contributed by atoms with van der Waals surface area (Å²) in [5.74, 6) is -1.17. The van der Waals surface area contributed by atoms with Crippen LogP contribution in [-0.2, 0) is 6.54 Å². The zero-order valence-electron chi connectivity index (χ0n) is 13.6. The highest BCUT2D eigenvalue weighted by molar-refractivity contribution is 6.32. The highest BCUT2D eigenvalue weighted by Gasteiger charge is 2.17. The molecule has 3 aromatic rings. The second kappa shape index (κ2) is 8.08. The highest BCUT2D eigenvalue weighted by atomic mass is 35.5. The summed E-state index contributed by atoms with van der Waals surface area (Å²) >= 11 is 12.0. The second-order valence-electron chi connectivity index (χ2n) is 5.36. The topological polar surface area (TPSA) is 90.8 Å². The van der Waals surface area contributed by atoms with Crippen LogP contribution in [0.25, 0.3) is 0 Å². The molecule has 1 amide bonds. The SMILES string of the molecule is N#Cc1cc(Cl)cc(Oc2c(Cl)ccc(CNC(=O)c3ncc[nH]3)c2F)c1. The van der Waals surface area contributed by atoms with Gasteiger partial charge in [-0.05, 0) is 24.3 Å². The van der Waals surface area contributed by atoms with E-state index in [9.17, 15) is 9.18 Å². The lowest BCUT2D eigenvalue weighted by atomic mass is 10.2. The minimum absolute atomic E-state index is 0.0343. The van der Waals surface area contributed by atoms with E-state index in [1.54, 1.807) is 0 Å². The van der Waals surface area contributed by atoms with E-state index in [0.29, 0.717) is 0 Å². The van der Waals surface area contributed by atoms with E-state index < -0.39 is 11.7 Å². The fourth-order valence-electron chi connectivity index (χ4n) is 2.26. The van der Waals surface area contributed by atoms with Gasteiger partial charge in [-0.3, -0.25) is 4.79 Å². The van der Waals surface area contributed by atoms with E-state index in [4.69, 9.17) is 33.2 Å². The molecule has 0 aliphatic rings. The van der Waals surface area contributed by atoms with Gasteiger partial charge in [0, 0.05) is 29.5 Å². The van der Waals surface area contributed by atoms with Crippen LogP contribution < -0.4 is 10.1 Å². The minimum atomic E-state index is -0.735. The standard InChI is InChI=1S/C18H11Cl2FN4O2/c19-12-5-10(8-22)6-13(7-12)27-16-14(20)2-1-11(15(16)21)9-25-18(26)17-23-3-4-24-17/h1-7H,9H2,(H,23,24)(H,25,26). The number of hydrogen-bond donors (Lipinski definition) is 2. The van der Waals surface area contributed by atoms with Crippen LogP contribution in [0.2, 0.25) is 10.0 Å². The molecule has 1 aromatic heterocycles. The van der Waals surface area contributed by atoms with Crippen molar-refractivity contribution in [2.75, 3.05) is 0 Å². The fraction of sp³-hybridized carbons (Fsp3) is 0.0556. The lowest BCUT2D eigenvalue weighted by Gasteiger charge is -2.13. The van der Waals surface area contributed by atoms with Gasteiger partial charge in [-0.25, -0.2) is 9.37 Å². The number of H-pyrrole nitrogens is 1. The molecule has 2 aromatic carbocycles. The van der Waals surface area contributed by atoms with Crippen molar-refractivity contribution in [1.82, 2.24) is 15.3 Å². The summed E-state index contributed by atoms with van der Waals surface area (Å²) < 4.78 is 20.3. The molecule has 0 fully saturated rings. The zero-order valence-corrected chi connectivity index (χ0v) is 15.1. The third kappa shape index (κ3) is 4.37. The van der Waals surface area contributed by atoms with Crippen LogP contribution in [0.5, 0.6) is 11.5 Å². The van der Waals surface area contributed by atoms with Crippen molar-refractivity contribution >= 4 is 29.1 Å². The number of aromatic amines is 1. The molecule has 1 heterocycles. The summed E-state index contributed by atoms with van der Waals surface area (Å²) in [6, 6.07) is 9.11. The van der Waals surface area contributed by atoms with Gasteiger partial charge < -0.3 is 15.0 Å². The summed E-state index contributed by atoms with van der Waals surface area (Å²) in [6.45, 7) is -0.0993.